The van der Waals surface area contributed by atoms with Gasteiger partial charge in [-0.25, -0.2) is 8.78 Å². The van der Waals surface area contributed by atoms with Crippen molar-refractivity contribution in [3.63, 3.8) is 0 Å². The number of benzene rings is 1. The molecular formula is C15H20F2N2O4S. The minimum absolute atomic E-state index is 0.169. The van der Waals surface area contributed by atoms with Gasteiger partial charge in [0, 0.05) is 12.6 Å². The van der Waals surface area contributed by atoms with Gasteiger partial charge in [-0.15, -0.1) is 0 Å². The Morgan fingerprint density at radius 3 is 2.75 bits per heavy atom. The van der Waals surface area contributed by atoms with Crippen molar-refractivity contribution >= 4 is 16.2 Å². The van der Waals surface area contributed by atoms with E-state index in [1.807, 2.05) is 0 Å². The lowest BCUT2D eigenvalue weighted by atomic mass is 10.1. The summed E-state index contributed by atoms with van der Waals surface area (Å²) in [6.07, 6.45) is 0.934. The van der Waals surface area contributed by atoms with Gasteiger partial charge < -0.3 is 4.74 Å². The molecule has 1 aromatic carbocycles. The first kappa shape index (κ1) is 18.8. The third-order valence-electron chi connectivity index (χ3n) is 3.84. The van der Waals surface area contributed by atoms with Crippen molar-refractivity contribution in [2.24, 2.45) is 0 Å². The van der Waals surface area contributed by atoms with Crippen molar-refractivity contribution in [1.82, 2.24) is 9.03 Å². The van der Waals surface area contributed by atoms with E-state index in [-0.39, 0.29) is 18.7 Å². The zero-order chi connectivity index (χ0) is 17.9. The number of rotatable bonds is 6. The normalized spacial score (nSPS) is 20.1. The van der Waals surface area contributed by atoms with Gasteiger partial charge in [0.2, 0.25) is 0 Å². The van der Waals surface area contributed by atoms with Crippen molar-refractivity contribution in [2.75, 3.05) is 13.2 Å². The first-order valence-corrected chi connectivity index (χ1v) is 9.11. The van der Waals surface area contributed by atoms with Crippen LogP contribution in [0.2, 0.25) is 0 Å². The number of esters is 1. The molecule has 1 heterocycles. The fourth-order valence-electron chi connectivity index (χ4n) is 2.64. The number of carbonyl (C=O) groups is 1. The highest BCUT2D eigenvalue weighted by Gasteiger charge is 2.40. The number of hydrogen-bond donors (Lipinski definition) is 1. The fourth-order valence-corrected chi connectivity index (χ4v) is 4.26. The van der Waals surface area contributed by atoms with Crippen LogP contribution in [0, 0.1) is 11.6 Å². The van der Waals surface area contributed by atoms with Crippen LogP contribution in [0.5, 0.6) is 0 Å². The first-order valence-electron chi connectivity index (χ1n) is 7.67. The molecule has 0 aromatic heterocycles. The van der Waals surface area contributed by atoms with Crippen molar-refractivity contribution in [2.45, 2.75) is 38.8 Å². The summed E-state index contributed by atoms with van der Waals surface area (Å²) < 4.78 is 59.7. The zero-order valence-corrected chi connectivity index (χ0v) is 14.3. The molecule has 0 spiro atoms. The molecule has 1 fully saturated rings. The molecule has 0 radical (unpaired) electrons. The van der Waals surface area contributed by atoms with Gasteiger partial charge in [0.15, 0.2) is 11.6 Å². The average Bonchev–Trinajstić information content (AvgIpc) is 3.00. The molecule has 0 amide bonds. The molecule has 24 heavy (non-hydrogen) atoms. The van der Waals surface area contributed by atoms with E-state index in [0.717, 1.165) is 16.4 Å². The summed E-state index contributed by atoms with van der Waals surface area (Å²) in [4.78, 5) is 11.9. The molecule has 2 rings (SSSR count). The number of carbonyl (C=O) groups excluding carboxylic acids is 1. The predicted octanol–water partition coefficient (Wildman–Crippen LogP) is 1.89. The van der Waals surface area contributed by atoms with Crippen LogP contribution < -0.4 is 4.72 Å². The third-order valence-corrected chi connectivity index (χ3v) is 5.55. The van der Waals surface area contributed by atoms with Crippen LogP contribution in [0.4, 0.5) is 8.78 Å². The molecular weight excluding hydrogens is 342 g/mol. The second-order valence-corrected chi connectivity index (χ2v) is 7.19. The Morgan fingerprint density at radius 1 is 1.42 bits per heavy atom. The SMILES string of the molecule is CCOC(=O)C1CCCN1S(=O)(=O)NC(C)c1ccc(F)c(F)c1. The van der Waals surface area contributed by atoms with Gasteiger partial charge >= 0.3 is 5.97 Å². The zero-order valence-electron chi connectivity index (χ0n) is 13.5. The van der Waals surface area contributed by atoms with Gasteiger partial charge in [-0.2, -0.15) is 17.4 Å². The number of ether oxygens (including phenoxy) is 1. The molecule has 6 nitrogen and oxygen atoms in total. The second kappa shape index (κ2) is 7.54. The van der Waals surface area contributed by atoms with E-state index in [0.29, 0.717) is 12.8 Å². The average molecular weight is 362 g/mol. The molecule has 1 N–H and O–H groups in total. The Bertz CT molecular complexity index is 711. The fraction of sp³-hybridized carbons (Fsp3) is 0.533. The molecule has 0 aliphatic carbocycles. The van der Waals surface area contributed by atoms with Crippen LogP contribution in [0.3, 0.4) is 0 Å². The summed E-state index contributed by atoms with van der Waals surface area (Å²) in [5.74, 6) is -2.64. The van der Waals surface area contributed by atoms with Gasteiger partial charge in [-0.05, 0) is 44.4 Å². The van der Waals surface area contributed by atoms with Crippen LogP contribution in [-0.2, 0) is 19.7 Å². The Morgan fingerprint density at radius 2 is 2.12 bits per heavy atom. The van der Waals surface area contributed by atoms with Gasteiger partial charge in [0.1, 0.15) is 6.04 Å². The van der Waals surface area contributed by atoms with E-state index >= 15 is 0 Å². The molecule has 9 heteroatoms. The summed E-state index contributed by atoms with van der Waals surface area (Å²) in [5.41, 5.74) is 0.282. The minimum atomic E-state index is -3.98. The van der Waals surface area contributed by atoms with E-state index in [1.165, 1.54) is 13.0 Å². The van der Waals surface area contributed by atoms with Crippen LogP contribution in [0.15, 0.2) is 18.2 Å². The number of hydrogen-bond acceptors (Lipinski definition) is 4. The molecule has 1 aliphatic rings. The first-order chi connectivity index (χ1) is 11.3. The molecule has 0 bridgehead atoms. The lowest BCUT2D eigenvalue weighted by Crippen LogP contribution is -2.47. The summed E-state index contributed by atoms with van der Waals surface area (Å²) in [6, 6.07) is 1.54. The predicted molar refractivity (Wildman–Crippen MR) is 83.2 cm³/mol. The standard InChI is InChI=1S/C15H20F2N2O4S/c1-3-23-15(20)14-5-4-8-19(14)24(21,22)18-10(2)11-6-7-12(16)13(17)9-11/h6-7,9-10,14,18H,3-5,8H2,1-2H3. The summed E-state index contributed by atoms with van der Waals surface area (Å²) in [7, 11) is -3.98. The lowest BCUT2D eigenvalue weighted by Gasteiger charge is -2.25. The maximum absolute atomic E-state index is 13.3. The molecule has 0 saturated carbocycles. The Labute approximate surface area is 140 Å². The topological polar surface area (TPSA) is 75.7 Å². The summed E-state index contributed by atoms with van der Waals surface area (Å²) in [6.45, 7) is 3.53. The van der Waals surface area contributed by atoms with Crippen molar-refractivity contribution in [3.05, 3.63) is 35.4 Å². The quantitative estimate of drug-likeness (QED) is 0.784. The molecule has 1 aliphatic heterocycles. The van der Waals surface area contributed by atoms with Gasteiger partial charge in [0.25, 0.3) is 10.2 Å². The summed E-state index contributed by atoms with van der Waals surface area (Å²) >= 11 is 0. The smallest absolute Gasteiger partial charge is 0.324 e. The minimum Gasteiger partial charge on any atom is -0.465 e. The highest BCUT2D eigenvalue weighted by molar-refractivity contribution is 7.87. The van der Waals surface area contributed by atoms with Crippen molar-refractivity contribution in [1.29, 1.82) is 0 Å². The van der Waals surface area contributed by atoms with E-state index in [1.54, 1.807) is 6.92 Å². The maximum atomic E-state index is 13.3. The molecule has 2 unspecified atom stereocenters. The monoisotopic (exact) mass is 362 g/mol. The van der Waals surface area contributed by atoms with Gasteiger partial charge in [0.05, 0.1) is 6.61 Å². The van der Waals surface area contributed by atoms with Crippen LogP contribution >= 0.6 is 0 Å². The van der Waals surface area contributed by atoms with Crippen LogP contribution in [0.25, 0.3) is 0 Å². The van der Waals surface area contributed by atoms with Gasteiger partial charge in [-0.1, -0.05) is 6.07 Å². The molecule has 2 atom stereocenters. The Balaban J connectivity index is 2.14. The van der Waals surface area contributed by atoms with E-state index < -0.39 is 39.9 Å². The lowest BCUT2D eigenvalue weighted by molar-refractivity contribution is -0.146. The molecule has 134 valence electrons. The largest absolute Gasteiger partial charge is 0.465 e. The van der Waals surface area contributed by atoms with E-state index in [4.69, 9.17) is 4.74 Å². The van der Waals surface area contributed by atoms with Crippen LogP contribution in [0.1, 0.15) is 38.3 Å². The molecule has 1 aromatic rings. The van der Waals surface area contributed by atoms with E-state index in [9.17, 15) is 22.0 Å². The van der Waals surface area contributed by atoms with Crippen molar-refractivity contribution in [3.8, 4) is 0 Å². The Hall–Kier alpha value is -1.58. The Kier molecular flexibility index (Phi) is 5.89. The third kappa shape index (κ3) is 4.08. The van der Waals surface area contributed by atoms with Crippen molar-refractivity contribution < 1.29 is 26.7 Å². The van der Waals surface area contributed by atoms with Gasteiger partial charge in [-0.3, -0.25) is 4.79 Å². The number of halogens is 2. The van der Waals surface area contributed by atoms with Crippen LogP contribution in [-0.4, -0.2) is 37.9 Å². The number of nitrogens with one attached hydrogen (secondary N) is 1. The number of nitrogens with zero attached hydrogens (tertiary/aromatic N) is 1. The highest BCUT2D eigenvalue weighted by Crippen LogP contribution is 2.24. The maximum Gasteiger partial charge on any atom is 0.324 e. The molecule has 1 saturated heterocycles. The summed E-state index contributed by atoms with van der Waals surface area (Å²) in [5, 5.41) is 0. The van der Waals surface area contributed by atoms with E-state index in [2.05, 4.69) is 4.72 Å². The second-order valence-electron chi connectivity index (χ2n) is 5.54. The highest BCUT2D eigenvalue weighted by atomic mass is 32.2.